The quantitative estimate of drug-likeness (QED) is 0.496. The summed E-state index contributed by atoms with van der Waals surface area (Å²) in [7, 11) is 0. The van der Waals surface area contributed by atoms with Crippen LogP contribution in [0.4, 0.5) is 0 Å². The van der Waals surface area contributed by atoms with Crippen molar-refractivity contribution < 1.29 is 9.84 Å². The Morgan fingerprint density at radius 1 is 1.62 bits per heavy atom. The summed E-state index contributed by atoms with van der Waals surface area (Å²) in [5.41, 5.74) is 0. The maximum atomic E-state index is 8.29. The molecule has 1 heterocycles. The minimum atomic E-state index is 0.135. The van der Waals surface area contributed by atoms with Crippen LogP contribution in [0.2, 0.25) is 0 Å². The van der Waals surface area contributed by atoms with Gasteiger partial charge in [0.1, 0.15) is 0 Å². The number of hydrogen-bond acceptors (Lipinski definition) is 3. The summed E-state index contributed by atoms with van der Waals surface area (Å²) >= 11 is 0. The summed E-state index contributed by atoms with van der Waals surface area (Å²) in [5.74, 6) is 0. The van der Waals surface area contributed by atoms with Crippen molar-refractivity contribution in [1.29, 1.82) is 0 Å². The predicted octanol–water partition coefficient (Wildman–Crippen LogP) is -1.03. The highest BCUT2D eigenvalue weighted by atomic mass is 16.5. The molecule has 1 aliphatic heterocycles. The molecule has 48 valence electrons. The fourth-order valence-corrected chi connectivity index (χ4v) is 0.599. The molecule has 0 saturated carbocycles. The van der Waals surface area contributed by atoms with Crippen molar-refractivity contribution >= 4 is 0 Å². The lowest BCUT2D eigenvalue weighted by Gasteiger charge is -2.26. The van der Waals surface area contributed by atoms with E-state index in [1.807, 2.05) is 0 Å². The molecule has 0 radical (unpaired) electrons. The van der Waals surface area contributed by atoms with E-state index in [0.29, 0.717) is 12.7 Å². The van der Waals surface area contributed by atoms with Crippen LogP contribution in [-0.4, -0.2) is 37.5 Å². The van der Waals surface area contributed by atoms with Gasteiger partial charge in [-0.05, 0) is 0 Å². The summed E-state index contributed by atoms with van der Waals surface area (Å²) in [4.78, 5) is 0. The molecule has 0 atom stereocenters. The molecular formula is C5H11NO2. The average Bonchev–Trinajstić information content (AvgIpc) is 1.63. The van der Waals surface area contributed by atoms with E-state index in [2.05, 4.69) is 5.32 Å². The molecule has 8 heavy (non-hydrogen) atoms. The molecule has 3 heteroatoms. The molecule has 1 saturated heterocycles. The maximum Gasteiger partial charge on any atom is 0.0824 e. The number of ether oxygens (including phenoxy) is 1. The lowest BCUT2D eigenvalue weighted by Crippen LogP contribution is -2.48. The highest BCUT2D eigenvalue weighted by Crippen LogP contribution is 1.95. The summed E-state index contributed by atoms with van der Waals surface area (Å²) in [5, 5.41) is 11.4. The highest BCUT2D eigenvalue weighted by molar-refractivity contribution is 4.74. The van der Waals surface area contributed by atoms with Gasteiger partial charge in [-0.25, -0.2) is 0 Å². The van der Waals surface area contributed by atoms with Gasteiger partial charge in [0, 0.05) is 13.1 Å². The Hall–Kier alpha value is -0.120. The summed E-state index contributed by atoms with van der Waals surface area (Å²) < 4.78 is 5.11. The molecule has 0 bridgehead atoms. The Morgan fingerprint density at radius 3 is 2.75 bits per heavy atom. The van der Waals surface area contributed by atoms with Crippen LogP contribution >= 0.6 is 0 Å². The van der Waals surface area contributed by atoms with Crippen molar-refractivity contribution in [2.24, 2.45) is 0 Å². The van der Waals surface area contributed by atoms with Crippen molar-refractivity contribution in [1.82, 2.24) is 5.32 Å². The van der Waals surface area contributed by atoms with Crippen molar-refractivity contribution in [2.45, 2.75) is 6.10 Å². The van der Waals surface area contributed by atoms with Crippen molar-refractivity contribution in [2.75, 3.05) is 26.3 Å². The monoisotopic (exact) mass is 117 g/mol. The van der Waals surface area contributed by atoms with E-state index in [4.69, 9.17) is 9.84 Å². The first-order valence-electron chi connectivity index (χ1n) is 2.86. The van der Waals surface area contributed by atoms with Crippen LogP contribution in [0.25, 0.3) is 0 Å². The second-order valence-corrected chi connectivity index (χ2v) is 1.87. The molecule has 1 rings (SSSR count). The van der Waals surface area contributed by atoms with Gasteiger partial charge in [0.25, 0.3) is 0 Å². The van der Waals surface area contributed by atoms with Gasteiger partial charge in [0.05, 0.1) is 19.3 Å². The van der Waals surface area contributed by atoms with Crippen LogP contribution in [0.3, 0.4) is 0 Å². The van der Waals surface area contributed by atoms with E-state index in [1.54, 1.807) is 0 Å². The number of hydrogen-bond donors (Lipinski definition) is 2. The standard InChI is InChI=1S/C5H11NO2/c7-1-2-8-5-3-6-4-5/h5-7H,1-4H2. The van der Waals surface area contributed by atoms with Gasteiger partial charge in [0.2, 0.25) is 0 Å². The Kier molecular flexibility index (Phi) is 2.27. The van der Waals surface area contributed by atoms with Crippen molar-refractivity contribution in [3.63, 3.8) is 0 Å². The Bertz CT molecular complexity index is 63.4. The Labute approximate surface area is 48.7 Å². The highest BCUT2D eigenvalue weighted by Gasteiger charge is 2.15. The molecule has 1 fully saturated rings. The topological polar surface area (TPSA) is 41.5 Å². The molecule has 0 unspecified atom stereocenters. The molecular weight excluding hydrogens is 106 g/mol. The van der Waals surface area contributed by atoms with Gasteiger partial charge in [0.15, 0.2) is 0 Å². The first-order chi connectivity index (χ1) is 3.93. The smallest absolute Gasteiger partial charge is 0.0824 e. The van der Waals surface area contributed by atoms with E-state index < -0.39 is 0 Å². The van der Waals surface area contributed by atoms with E-state index in [0.717, 1.165) is 13.1 Å². The van der Waals surface area contributed by atoms with E-state index in [1.165, 1.54) is 0 Å². The molecule has 1 aliphatic rings. The Balaban J connectivity index is 1.86. The first-order valence-corrected chi connectivity index (χ1v) is 2.86. The maximum absolute atomic E-state index is 8.29. The van der Waals surface area contributed by atoms with Gasteiger partial charge < -0.3 is 15.2 Å². The predicted molar refractivity (Wildman–Crippen MR) is 29.7 cm³/mol. The largest absolute Gasteiger partial charge is 0.394 e. The molecule has 0 aliphatic carbocycles. The molecule has 2 N–H and O–H groups in total. The van der Waals surface area contributed by atoms with Crippen LogP contribution in [0.1, 0.15) is 0 Å². The molecule has 3 nitrogen and oxygen atoms in total. The zero-order valence-electron chi connectivity index (χ0n) is 4.76. The zero-order valence-corrected chi connectivity index (χ0v) is 4.76. The van der Waals surface area contributed by atoms with Crippen LogP contribution in [0.15, 0.2) is 0 Å². The fraction of sp³-hybridized carbons (Fsp3) is 1.00. The van der Waals surface area contributed by atoms with Gasteiger partial charge >= 0.3 is 0 Å². The SMILES string of the molecule is OCCOC1CNC1. The van der Waals surface area contributed by atoms with Gasteiger partial charge in [-0.15, -0.1) is 0 Å². The van der Waals surface area contributed by atoms with Gasteiger partial charge in [-0.2, -0.15) is 0 Å². The second-order valence-electron chi connectivity index (χ2n) is 1.87. The van der Waals surface area contributed by atoms with Gasteiger partial charge in [-0.1, -0.05) is 0 Å². The van der Waals surface area contributed by atoms with E-state index >= 15 is 0 Å². The molecule has 0 aromatic heterocycles. The van der Waals surface area contributed by atoms with Crippen molar-refractivity contribution in [3.05, 3.63) is 0 Å². The van der Waals surface area contributed by atoms with E-state index in [9.17, 15) is 0 Å². The third-order valence-electron chi connectivity index (χ3n) is 1.19. The normalized spacial score (nSPS) is 20.6. The minimum Gasteiger partial charge on any atom is -0.394 e. The summed E-state index contributed by atoms with van der Waals surface area (Å²) in [6.45, 7) is 2.50. The summed E-state index contributed by atoms with van der Waals surface area (Å²) in [6.07, 6.45) is 0.363. The third kappa shape index (κ3) is 1.43. The van der Waals surface area contributed by atoms with Crippen molar-refractivity contribution in [3.8, 4) is 0 Å². The lowest BCUT2D eigenvalue weighted by molar-refractivity contribution is 0.000687. The van der Waals surface area contributed by atoms with Crippen LogP contribution < -0.4 is 5.32 Å². The average molecular weight is 117 g/mol. The van der Waals surface area contributed by atoms with Crippen LogP contribution in [0, 0.1) is 0 Å². The van der Waals surface area contributed by atoms with Gasteiger partial charge in [-0.3, -0.25) is 0 Å². The fourth-order valence-electron chi connectivity index (χ4n) is 0.599. The first kappa shape index (κ1) is 6.01. The number of aliphatic hydroxyl groups excluding tert-OH is 1. The second kappa shape index (κ2) is 3.02. The van der Waals surface area contributed by atoms with Crippen LogP contribution in [-0.2, 0) is 4.74 Å². The Morgan fingerprint density at radius 2 is 2.38 bits per heavy atom. The summed E-state index contributed by atoms with van der Waals surface area (Å²) in [6, 6.07) is 0. The van der Waals surface area contributed by atoms with Crippen LogP contribution in [0.5, 0.6) is 0 Å². The minimum absolute atomic E-state index is 0.135. The third-order valence-corrected chi connectivity index (χ3v) is 1.19. The number of aliphatic hydroxyl groups is 1. The van der Waals surface area contributed by atoms with E-state index in [-0.39, 0.29) is 6.61 Å². The number of nitrogens with one attached hydrogen (secondary N) is 1. The zero-order chi connectivity index (χ0) is 5.82. The lowest BCUT2D eigenvalue weighted by atomic mass is 10.2. The number of rotatable bonds is 3. The molecule has 0 amide bonds. The molecule has 0 aromatic carbocycles. The molecule has 0 aromatic rings. The molecule has 0 spiro atoms.